The average Bonchev–Trinajstić information content (AvgIpc) is 3.57. The molecule has 1 nitrogen and oxygen atoms in total. The fraction of sp³-hybridized carbons (Fsp3) is 0. The monoisotopic (exact) mass is 653 g/mol. The molecule has 0 aliphatic rings. The van der Waals surface area contributed by atoms with Gasteiger partial charge >= 0.3 is 0 Å². The largest absolute Gasteiger partial charge is 0.310 e. The van der Waals surface area contributed by atoms with Gasteiger partial charge in [0.05, 0.1) is 5.69 Å². The molecule has 0 aliphatic heterocycles. The van der Waals surface area contributed by atoms with Gasteiger partial charge in [0.25, 0.3) is 0 Å². The second-order valence-corrected chi connectivity index (χ2v) is 14.0. The zero-order chi connectivity index (χ0) is 33.0. The lowest BCUT2D eigenvalue weighted by atomic mass is 9.94. The van der Waals surface area contributed by atoms with Crippen molar-refractivity contribution in [3.8, 4) is 22.3 Å². The molecule has 0 saturated carbocycles. The molecule has 50 heavy (non-hydrogen) atoms. The van der Waals surface area contributed by atoms with E-state index in [1.165, 1.54) is 74.7 Å². The Morgan fingerprint density at radius 1 is 0.340 bits per heavy atom. The van der Waals surface area contributed by atoms with Gasteiger partial charge in [-0.25, -0.2) is 0 Å². The molecule has 0 unspecified atom stereocenters. The molecule has 0 bridgehead atoms. The molecule has 0 saturated heterocycles. The number of para-hydroxylation sites is 1. The van der Waals surface area contributed by atoms with E-state index in [1.807, 2.05) is 11.3 Å². The van der Waals surface area contributed by atoms with E-state index in [0.717, 1.165) is 17.1 Å². The first-order valence-corrected chi connectivity index (χ1v) is 17.9. The maximum atomic E-state index is 2.42. The van der Waals surface area contributed by atoms with E-state index in [-0.39, 0.29) is 0 Å². The number of fused-ring (bicyclic) bond motifs is 8. The highest BCUT2D eigenvalue weighted by molar-refractivity contribution is 7.26. The third kappa shape index (κ3) is 4.69. The summed E-state index contributed by atoms with van der Waals surface area (Å²) in [4.78, 5) is 2.42. The smallest absolute Gasteiger partial charge is 0.0540 e. The van der Waals surface area contributed by atoms with Gasteiger partial charge in [-0.2, -0.15) is 0 Å². The van der Waals surface area contributed by atoms with E-state index in [1.54, 1.807) is 0 Å². The van der Waals surface area contributed by atoms with Gasteiger partial charge in [0.15, 0.2) is 0 Å². The second-order valence-electron chi connectivity index (χ2n) is 12.9. The molecule has 1 heterocycles. The van der Waals surface area contributed by atoms with E-state index >= 15 is 0 Å². The van der Waals surface area contributed by atoms with Crippen LogP contribution in [0.15, 0.2) is 188 Å². The second kappa shape index (κ2) is 11.7. The first-order chi connectivity index (χ1) is 24.8. The van der Waals surface area contributed by atoms with E-state index < -0.39 is 0 Å². The number of hydrogen-bond donors (Lipinski definition) is 0. The highest BCUT2D eigenvalue weighted by Gasteiger charge is 2.19. The van der Waals surface area contributed by atoms with Gasteiger partial charge in [0.2, 0.25) is 0 Å². The number of rotatable bonds is 5. The summed E-state index contributed by atoms with van der Waals surface area (Å²) in [6.07, 6.45) is 0. The van der Waals surface area contributed by atoms with E-state index in [2.05, 4.69) is 193 Å². The Kier molecular flexibility index (Phi) is 6.75. The van der Waals surface area contributed by atoms with Crippen molar-refractivity contribution in [1.29, 1.82) is 0 Å². The van der Waals surface area contributed by atoms with Gasteiger partial charge in [0, 0.05) is 37.1 Å². The van der Waals surface area contributed by atoms with Crippen molar-refractivity contribution < 1.29 is 0 Å². The summed E-state index contributed by atoms with van der Waals surface area (Å²) in [7, 11) is 0. The predicted octanol–water partition coefficient (Wildman–Crippen LogP) is 14.3. The van der Waals surface area contributed by atoms with Crippen LogP contribution in [0.25, 0.3) is 74.7 Å². The summed E-state index contributed by atoms with van der Waals surface area (Å²) in [6.45, 7) is 0. The van der Waals surface area contributed by atoms with Crippen LogP contribution in [-0.2, 0) is 0 Å². The van der Waals surface area contributed by atoms with Crippen LogP contribution in [-0.4, -0.2) is 0 Å². The minimum atomic E-state index is 1.11. The van der Waals surface area contributed by atoms with Crippen molar-refractivity contribution in [2.75, 3.05) is 4.90 Å². The molecule has 0 atom stereocenters. The number of benzene rings is 9. The van der Waals surface area contributed by atoms with Crippen molar-refractivity contribution in [2.45, 2.75) is 0 Å². The summed E-state index contributed by atoms with van der Waals surface area (Å²) in [5, 5.41) is 10.3. The Hall–Kier alpha value is -6.22. The Balaban J connectivity index is 1.17. The maximum Gasteiger partial charge on any atom is 0.0540 e. The Bertz CT molecular complexity index is 2870. The SMILES string of the molecule is c1ccc(-c2ccccc2N(c2ccc(-c3cc4sc5ccccc5c4c4ccccc34)cc2)c2ccc3ccc4ccccc4c3c2)cc1. The Morgan fingerprint density at radius 2 is 0.940 bits per heavy atom. The lowest BCUT2D eigenvalue weighted by Crippen LogP contribution is -2.11. The molecular weight excluding hydrogens is 623 g/mol. The molecular formula is C48H31NS. The fourth-order valence-corrected chi connectivity index (χ4v) is 8.87. The number of thiophene rings is 1. The standard InChI is InChI=1S/C48H31NS/c1-2-12-32(13-3-1)39-16-8-10-20-45(39)49(37-29-26-34-23-22-33-14-4-5-15-38(33)43(34)30-37)36-27-24-35(25-28-36)44-31-47-48(41-18-7-6-17-40(41)44)42-19-9-11-21-46(42)50-47/h1-31H. The van der Waals surface area contributed by atoms with Gasteiger partial charge < -0.3 is 4.90 Å². The van der Waals surface area contributed by atoms with Crippen molar-refractivity contribution in [3.63, 3.8) is 0 Å². The van der Waals surface area contributed by atoms with Crippen LogP contribution >= 0.6 is 11.3 Å². The minimum Gasteiger partial charge on any atom is -0.310 e. The van der Waals surface area contributed by atoms with Crippen LogP contribution in [0.5, 0.6) is 0 Å². The summed E-state index contributed by atoms with van der Waals surface area (Å²) >= 11 is 1.88. The molecule has 0 amide bonds. The van der Waals surface area contributed by atoms with Gasteiger partial charge in [0.1, 0.15) is 0 Å². The summed E-state index contributed by atoms with van der Waals surface area (Å²) in [5.41, 5.74) is 8.24. The van der Waals surface area contributed by atoms with Crippen molar-refractivity contribution in [2.24, 2.45) is 0 Å². The zero-order valence-electron chi connectivity index (χ0n) is 27.3. The third-order valence-corrected chi connectivity index (χ3v) is 11.2. The molecule has 0 fully saturated rings. The van der Waals surface area contributed by atoms with Crippen LogP contribution in [0, 0.1) is 0 Å². The average molecular weight is 654 g/mol. The fourth-order valence-electron chi connectivity index (χ4n) is 7.70. The lowest BCUT2D eigenvalue weighted by Gasteiger charge is -2.28. The molecule has 234 valence electrons. The summed E-state index contributed by atoms with van der Waals surface area (Å²) in [6, 6.07) is 68.7. The Morgan fingerprint density at radius 3 is 1.78 bits per heavy atom. The van der Waals surface area contributed by atoms with Crippen molar-refractivity contribution in [3.05, 3.63) is 188 Å². The Labute approximate surface area is 294 Å². The first-order valence-electron chi connectivity index (χ1n) is 17.1. The lowest BCUT2D eigenvalue weighted by molar-refractivity contribution is 1.29. The zero-order valence-corrected chi connectivity index (χ0v) is 28.1. The predicted molar refractivity (Wildman–Crippen MR) is 217 cm³/mol. The number of hydrogen-bond acceptors (Lipinski definition) is 2. The van der Waals surface area contributed by atoms with Crippen LogP contribution in [0.2, 0.25) is 0 Å². The quantitative estimate of drug-likeness (QED) is 0.167. The minimum absolute atomic E-state index is 1.11. The molecule has 0 N–H and O–H groups in total. The van der Waals surface area contributed by atoms with Gasteiger partial charge in [-0.1, -0.05) is 146 Å². The normalized spacial score (nSPS) is 11.6. The summed E-state index contributed by atoms with van der Waals surface area (Å²) in [5.74, 6) is 0. The third-order valence-electron chi connectivity index (χ3n) is 10.0. The molecule has 0 spiro atoms. The van der Waals surface area contributed by atoms with Gasteiger partial charge in [-0.15, -0.1) is 11.3 Å². The molecule has 0 aliphatic carbocycles. The van der Waals surface area contributed by atoms with Gasteiger partial charge in [-0.3, -0.25) is 0 Å². The van der Waals surface area contributed by atoms with Crippen LogP contribution < -0.4 is 4.90 Å². The summed E-state index contributed by atoms with van der Waals surface area (Å²) < 4.78 is 2.65. The van der Waals surface area contributed by atoms with Crippen molar-refractivity contribution in [1.82, 2.24) is 0 Å². The number of anilines is 3. The molecule has 2 heteroatoms. The first kappa shape index (κ1) is 28.8. The highest BCUT2D eigenvalue weighted by atomic mass is 32.1. The van der Waals surface area contributed by atoms with Gasteiger partial charge in [-0.05, 0) is 91.5 Å². The van der Waals surface area contributed by atoms with E-state index in [4.69, 9.17) is 0 Å². The topological polar surface area (TPSA) is 3.24 Å². The molecule has 10 rings (SSSR count). The maximum absolute atomic E-state index is 2.42. The molecule has 9 aromatic carbocycles. The van der Waals surface area contributed by atoms with E-state index in [0.29, 0.717) is 0 Å². The highest BCUT2D eigenvalue weighted by Crippen LogP contribution is 2.45. The van der Waals surface area contributed by atoms with Crippen molar-refractivity contribution >= 4 is 80.9 Å². The molecule has 1 aromatic heterocycles. The number of nitrogens with zero attached hydrogens (tertiary/aromatic N) is 1. The van der Waals surface area contributed by atoms with Crippen LogP contribution in [0.4, 0.5) is 17.1 Å². The van der Waals surface area contributed by atoms with E-state index in [9.17, 15) is 0 Å². The van der Waals surface area contributed by atoms with Crippen LogP contribution in [0.1, 0.15) is 0 Å². The molecule has 10 aromatic rings. The van der Waals surface area contributed by atoms with Crippen LogP contribution in [0.3, 0.4) is 0 Å². The molecule has 0 radical (unpaired) electrons.